The first-order chi connectivity index (χ1) is 16.4. The molecule has 1 aromatic carbocycles. The molecular formula is C27H31N5O2. The highest BCUT2D eigenvalue weighted by Gasteiger charge is 2.28. The number of rotatable bonds is 8. The molecule has 2 amide bonds. The Morgan fingerprint density at radius 1 is 1.15 bits per heavy atom. The monoisotopic (exact) mass is 457 g/mol. The molecule has 1 aliphatic rings. The molecule has 176 valence electrons. The van der Waals surface area contributed by atoms with E-state index < -0.39 is 0 Å². The summed E-state index contributed by atoms with van der Waals surface area (Å²) >= 11 is 0. The summed E-state index contributed by atoms with van der Waals surface area (Å²) in [6.07, 6.45) is 5.36. The van der Waals surface area contributed by atoms with E-state index in [0.29, 0.717) is 17.7 Å². The van der Waals surface area contributed by atoms with Crippen molar-refractivity contribution in [2.75, 3.05) is 31.5 Å². The fraction of sp³-hybridized carbons (Fsp3) is 0.296. The number of benzene rings is 1. The Morgan fingerprint density at radius 3 is 2.65 bits per heavy atom. The molecule has 0 aliphatic carbocycles. The number of aryl methyl sites for hydroxylation is 1. The summed E-state index contributed by atoms with van der Waals surface area (Å²) in [5.74, 6) is -0.265. The van der Waals surface area contributed by atoms with Gasteiger partial charge in [0, 0.05) is 53.7 Å². The molecule has 34 heavy (non-hydrogen) atoms. The van der Waals surface area contributed by atoms with Crippen LogP contribution in [0.15, 0.2) is 42.7 Å². The quantitative estimate of drug-likeness (QED) is 0.441. The van der Waals surface area contributed by atoms with Gasteiger partial charge in [-0.2, -0.15) is 0 Å². The number of nitrogens with zero attached hydrogens (tertiary/aromatic N) is 2. The van der Waals surface area contributed by atoms with Crippen molar-refractivity contribution in [3.63, 3.8) is 0 Å². The first kappa shape index (κ1) is 23.4. The number of anilines is 1. The molecule has 0 bridgehead atoms. The van der Waals surface area contributed by atoms with Crippen LogP contribution in [0.5, 0.6) is 0 Å². The summed E-state index contributed by atoms with van der Waals surface area (Å²) in [5, 5.41) is 6.00. The molecule has 0 saturated heterocycles. The molecule has 3 aromatic rings. The van der Waals surface area contributed by atoms with E-state index in [1.165, 1.54) is 0 Å². The Hall–Kier alpha value is -3.71. The van der Waals surface area contributed by atoms with Crippen molar-refractivity contribution in [1.29, 1.82) is 0 Å². The Labute approximate surface area is 200 Å². The molecule has 0 atom stereocenters. The highest BCUT2D eigenvalue weighted by Crippen LogP contribution is 2.40. The van der Waals surface area contributed by atoms with Crippen LogP contribution in [-0.4, -0.2) is 52.9 Å². The van der Waals surface area contributed by atoms with Gasteiger partial charge < -0.3 is 20.5 Å². The average molecular weight is 458 g/mol. The Kier molecular flexibility index (Phi) is 6.93. The van der Waals surface area contributed by atoms with Crippen LogP contribution in [0.4, 0.5) is 5.69 Å². The van der Waals surface area contributed by atoms with Gasteiger partial charge in [-0.25, -0.2) is 0 Å². The van der Waals surface area contributed by atoms with Crippen molar-refractivity contribution in [3.05, 3.63) is 70.8 Å². The predicted octanol–water partition coefficient (Wildman–Crippen LogP) is 4.26. The molecule has 2 aromatic heterocycles. The van der Waals surface area contributed by atoms with Crippen molar-refractivity contribution in [3.8, 4) is 11.1 Å². The highest BCUT2D eigenvalue weighted by atomic mass is 16.2. The van der Waals surface area contributed by atoms with Gasteiger partial charge in [0.05, 0.1) is 11.1 Å². The van der Waals surface area contributed by atoms with Crippen molar-refractivity contribution in [2.24, 2.45) is 0 Å². The van der Waals surface area contributed by atoms with E-state index in [2.05, 4.69) is 39.3 Å². The third-order valence-corrected chi connectivity index (χ3v) is 6.40. The number of amides is 2. The number of aromatic nitrogens is 2. The number of nitrogens with one attached hydrogen (secondary N) is 3. The van der Waals surface area contributed by atoms with Gasteiger partial charge in [-0.1, -0.05) is 32.0 Å². The van der Waals surface area contributed by atoms with Gasteiger partial charge in [0.15, 0.2) is 0 Å². The van der Waals surface area contributed by atoms with Crippen LogP contribution >= 0.6 is 0 Å². The van der Waals surface area contributed by atoms with E-state index >= 15 is 0 Å². The van der Waals surface area contributed by atoms with Gasteiger partial charge in [0.2, 0.25) is 0 Å². The maximum absolute atomic E-state index is 12.9. The Bertz CT molecular complexity index is 1240. The van der Waals surface area contributed by atoms with Gasteiger partial charge in [-0.05, 0) is 56.3 Å². The van der Waals surface area contributed by atoms with Crippen molar-refractivity contribution >= 4 is 29.2 Å². The smallest absolute Gasteiger partial charge is 0.256 e. The molecule has 3 heterocycles. The largest absolute Gasteiger partial charge is 0.358 e. The predicted molar refractivity (Wildman–Crippen MR) is 137 cm³/mol. The number of pyridine rings is 1. The maximum Gasteiger partial charge on any atom is 0.256 e. The maximum atomic E-state index is 12.9. The summed E-state index contributed by atoms with van der Waals surface area (Å²) in [4.78, 5) is 35.7. The number of carbonyl (C=O) groups is 2. The number of hydrogen-bond acceptors (Lipinski definition) is 4. The van der Waals surface area contributed by atoms with Crippen molar-refractivity contribution < 1.29 is 9.59 Å². The molecule has 0 saturated carbocycles. The number of fused-ring (bicyclic) bond motifs is 1. The van der Waals surface area contributed by atoms with Crippen molar-refractivity contribution in [1.82, 2.24) is 20.2 Å². The van der Waals surface area contributed by atoms with Gasteiger partial charge >= 0.3 is 0 Å². The summed E-state index contributed by atoms with van der Waals surface area (Å²) in [6, 6.07) is 9.68. The minimum Gasteiger partial charge on any atom is -0.358 e. The summed E-state index contributed by atoms with van der Waals surface area (Å²) < 4.78 is 0. The summed E-state index contributed by atoms with van der Waals surface area (Å²) in [5.41, 5.74) is 7.04. The first-order valence-corrected chi connectivity index (χ1v) is 11.7. The number of H-pyrrole nitrogens is 1. The van der Waals surface area contributed by atoms with E-state index in [0.717, 1.165) is 59.0 Å². The first-order valence-electron chi connectivity index (χ1n) is 11.7. The molecular weight excluding hydrogens is 426 g/mol. The zero-order valence-electron chi connectivity index (χ0n) is 20.2. The molecule has 7 nitrogen and oxygen atoms in total. The van der Waals surface area contributed by atoms with Crippen LogP contribution in [0.3, 0.4) is 0 Å². The third-order valence-electron chi connectivity index (χ3n) is 6.40. The SMILES string of the molecule is CCN(CC)CCNC(=O)c1c(C)[nH]c(C=C2C(=O)Nc3cccc(-c4cccnc4)c32)c1C. The second kappa shape index (κ2) is 10.1. The van der Waals surface area contributed by atoms with E-state index in [1.54, 1.807) is 12.4 Å². The lowest BCUT2D eigenvalue weighted by molar-refractivity contribution is -0.110. The standard InChI is InChI=1S/C27H31N5O2/c1-5-32(6-2)14-13-29-27(34)24-17(3)23(30-18(24)4)15-21-25-20(19-9-8-12-28-16-19)10-7-11-22(25)31-26(21)33/h7-12,15-16,30H,5-6,13-14H2,1-4H3,(H,29,34)(H,31,33). The van der Waals surface area contributed by atoms with Crippen LogP contribution in [0, 0.1) is 13.8 Å². The third kappa shape index (κ3) is 4.52. The minimum absolute atomic E-state index is 0.102. The minimum atomic E-state index is -0.164. The fourth-order valence-electron chi connectivity index (χ4n) is 4.51. The normalized spacial score (nSPS) is 13.9. The topological polar surface area (TPSA) is 90.1 Å². The molecule has 1 aliphatic heterocycles. The van der Waals surface area contributed by atoms with Crippen LogP contribution in [0.2, 0.25) is 0 Å². The zero-order valence-corrected chi connectivity index (χ0v) is 20.2. The lowest BCUT2D eigenvalue weighted by atomic mass is 9.95. The van der Waals surface area contributed by atoms with Gasteiger partial charge in [-0.3, -0.25) is 14.6 Å². The molecule has 0 spiro atoms. The number of carbonyl (C=O) groups excluding carboxylic acids is 2. The Morgan fingerprint density at radius 2 is 1.94 bits per heavy atom. The van der Waals surface area contributed by atoms with Crippen LogP contribution < -0.4 is 10.6 Å². The number of likely N-dealkylation sites (N-methyl/N-ethyl adjacent to an activating group) is 1. The zero-order chi connectivity index (χ0) is 24.2. The molecule has 7 heteroatoms. The molecule has 0 fully saturated rings. The lowest BCUT2D eigenvalue weighted by Crippen LogP contribution is -2.35. The van der Waals surface area contributed by atoms with Crippen molar-refractivity contribution in [2.45, 2.75) is 27.7 Å². The van der Waals surface area contributed by atoms with Gasteiger partial charge in [0.25, 0.3) is 11.8 Å². The second-order valence-electron chi connectivity index (χ2n) is 8.43. The van der Waals surface area contributed by atoms with Crippen LogP contribution in [-0.2, 0) is 4.79 Å². The van der Waals surface area contributed by atoms with E-state index in [4.69, 9.17) is 0 Å². The van der Waals surface area contributed by atoms with E-state index in [1.807, 2.05) is 50.3 Å². The molecule has 3 N–H and O–H groups in total. The van der Waals surface area contributed by atoms with Gasteiger partial charge in [-0.15, -0.1) is 0 Å². The number of hydrogen-bond donors (Lipinski definition) is 3. The second-order valence-corrected chi connectivity index (χ2v) is 8.43. The molecule has 4 rings (SSSR count). The Balaban J connectivity index is 1.66. The number of aromatic amines is 1. The molecule has 0 radical (unpaired) electrons. The van der Waals surface area contributed by atoms with E-state index in [-0.39, 0.29) is 11.8 Å². The van der Waals surface area contributed by atoms with Crippen LogP contribution in [0.25, 0.3) is 22.8 Å². The lowest BCUT2D eigenvalue weighted by Gasteiger charge is -2.18. The summed E-state index contributed by atoms with van der Waals surface area (Å²) in [7, 11) is 0. The highest BCUT2D eigenvalue weighted by molar-refractivity contribution is 6.36. The van der Waals surface area contributed by atoms with Gasteiger partial charge in [0.1, 0.15) is 0 Å². The fourth-order valence-corrected chi connectivity index (χ4v) is 4.51. The van der Waals surface area contributed by atoms with Crippen LogP contribution in [0.1, 0.15) is 46.7 Å². The van der Waals surface area contributed by atoms with E-state index in [9.17, 15) is 9.59 Å². The average Bonchev–Trinajstić information content (AvgIpc) is 3.31. The molecule has 0 unspecified atom stereocenters. The summed E-state index contributed by atoms with van der Waals surface area (Å²) in [6.45, 7) is 11.3.